The molecule has 2 aromatic carbocycles. The van der Waals surface area contributed by atoms with Crippen LogP contribution < -0.4 is 4.74 Å². The second-order valence-electron chi connectivity index (χ2n) is 8.05. The molecule has 2 aliphatic heterocycles. The Morgan fingerprint density at radius 1 is 1.23 bits per heavy atom. The van der Waals surface area contributed by atoms with Crippen LogP contribution in [0.15, 0.2) is 41.6 Å². The molecule has 2 aromatic rings. The summed E-state index contributed by atoms with van der Waals surface area (Å²) in [4.78, 5) is 19.8. The van der Waals surface area contributed by atoms with E-state index in [9.17, 15) is 9.90 Å². The number of hydrogen-bond donors (Lipinski definition) is 1. The summed E-state index contributed by atoms with van der Waals surface area (Å²) in [6.07, 6.45) is 0.478. The number of carbonyl (C=O) groups excluding carboxylic acids is 1. The third kappa shape index (κ3) is 4.29. The predicted molar refractivity (Wildman–Crippen MR) is 118 cm³/mol. The summed E-state index contributed by atoms with van der Waals surface area (Å²) in [6.45, 7) is 5.46. The van der Waals surface area contributed by atoms with E-state index in [2.05, 4.69) is 31.1 Å². The molecule has 0 radical (unpaired) electrons. The number of aliphatic hydroxyl groups is 1. The van der Waals surface area contributed by atoms with E-state index in [1.165, 1.54) is 18.2 Å². The van der Waals surface area contributed by atoms with E-state index >= 15 is 0 Å². The zero-order chi connectivity index (χ0) is 22.0. The van der Waals surface area contributed by atoms with Crippen LogP contribution in [0.3, 0.4) is 0 Å². The molecular weight excluding hydrogens is 396 g/mol. The molecule has 0 bridgehead atoms. The van der Waals surface area contributed by atoms with Crippen LogP contribution in [-0.4, -0.2) is 67.2 Å². The number of aryl methyl sites for hydroxylation is 1. The van der Waals surface area contributed by atoms with E-state index < -0.39 is 0 Å². The molecule has 1 atom stereocenters. The molecule has 0 aliphatic carbocycles. The summed E-state index contributed by atoms with van der Waals surface area (Å²) < 4.78 is 11.5. The molecule has 2 heterocycles. The van der Waals surface area contributed by atoms with E-state index in [0.29, 0.717) is 37.5 Å². The molecule has 7 heteroatoms. The van der Waals surface area contributed by atoms with Gasteiger partial charge in [0, 0.05) is 17.5 Å². The van der Waals surface area contributed by atoms with Crippen LogP contribution >= 0.6 is 0 Å². The lowest BCUT2D eigenvalue weighted by Crippen LogP contribution is -2.39. The maximum absolute atomic E-state index is 13.3. The first kappa shape index (κ1) is 21.3. The van der Waals surface area contributed by atoms with Gasteiger partial charge >= 0.3 is 0 Å². The minimum atomic E-state index is -0.315. The minimum absolute atomic E-state index is 0.0216. The van der Waals surface area contributed by atoms with Gasteiger partial charge in [-0.05, 0) is 48.7 Å². The van der Waals surface area contributed by atoms with Gasteiger partial charge in [-0.3, -0.25) is 4.79 Å². The smallest absolute Gasteiger partial charge is 0.254 e. The highest BCUT2D eigenvalue weighted by Crippen LogP contribution is 2.36. The first-order chi connectivity index (χ1) is 15.0. The molecule has 164 valence electrons. The van der Waals surface area contributed by atoms with Gasteiger partial charge in [-0.2, -0.15) is 0 Å². The first-order valence-corrected chi connectivity index (χ1v) is 10.5. The minimum Gasteiger partial charge on any atom is -0.485 e. The predicted octanol–water partition coefficient (Wildman–Crippen LogP) is 2.96. The molecule has 4 rings (SSSR count). The average Bonchev–Trinajstić information content (AvgIpc) is 3.15. The molecule has 1 N–H and O–H groups in total. The normalized spacial score (nSPS) is 20.1. The van der Waals surface area contributed by atoms with Gasteiger partial charge in [-0.25, -0.2) is 0 Å². The van der Waals surface area contributed by atoms with Gasteiger partial charge in [-0.15, -0.1) is 0 Å². The Morgan fingerprint density at radius 2 is 2.03 bits per heavy atom. The number of amides is 1. The van der Waals surface area contributed by atoms with Crippen molar-refractivity contribution in [3.8, 4) is 16.9 Å². The lowest BCUT2D eigenvalue weighted by atomic mass is 9.95. The van der Waals surface area contributed by atoms with Crippen molar-refractivity contribution in [1.82, 2.24) is 4.90 Å². The van der Waals surface area contributed by atoms with Crippen LogP contribution in [-0.2, 0) is 9.57 Å². The summed E-state index contributed by atoms with van der Waals surface area (Å²) in [7, 11) is 1.48. The van der Waals surface area contributed by atoms with Gasteiger partial charge in [0.15, 0.2) is 0 Å². The molecule has 0 unspecified atom stereocenters. The molecule has 0 saturated carbocycles. The second kappa shape index (κ2) is 9.08. The fraction of sp³-hybridized carbons (Fsp3) is 0.417. The van der Waals surface area contributed by atoms with Gasteiger partial charge in [0.2, 0.25) is 0 Å². The number of hydrogen-bond acceptors (Lipinski definition) is 6. The Labute approximate surface area is 182 Å². The molecule has 0 spiro atoms. The quantitative estimate of drug-likeness (QED) is 0.721. The van der Waals surface area contributed by atoms with Crippen molar-refractivity contribution in [1.29, 1.82) is 0 Å². The molecule has 0 aromatic heterocycles. The van der Waals surface area contributed by atoms with Crippen LogP contribution in [0, 0.1) is 13.8 Å². The third-order valence-electron chi connectivity index (χ3n) is 5.98. The molecule has 31 heavy (non-hydrogen) atoms. The number of oxime groups is 1. The van der Waals surface area contributed by atoms with Crippen molar-refractivity contribution < 1.29 is 24.2 Å². The Kier molecular flexibility index (Phi) is 6.25. The summed E-state index contributed by atoms with van der Waals surface area (Å²) in [5, 5.41) is 13.7. The number of aliphatic hydroxyl groups excluding tert-OH is 1. The fourth-order valence-corrected chi connectivity index (χ4v) is 4.01. The molecular formula is C24H28N2O5. The highest BCUT2D eigenvalue weighted by Gasteiger charge is 2.34. The molecule has 1 amide bonds. The molecule has 2 fully saturated rings. The van der Waals surface area contributed by atoms with Crippen LogP contribution in [0.4, 0.5) is 0 Å². The van der Waals surface area contributed by atoms with Crippen molar-refractivity contribution in [2.45, 2.75) is 32.4 Å². The van der Waals surface area contributed by atoms with Gasteiger partial charge in [-0.1, -0.05) is 23.4 Å². The number of benzene rings is 2. The molecule has 7 nitrogen and oxygen atoms in total. The Morgan fingerprint density at radius 3 is 2.71 bits per heavy atom. The molecule has 2 saturated heterocycles. The number of likely N-dealkylation sites (tertiary alicyclic amines) is 1. The SMILES string of the molecule is CO/N=C1\C[C@@H](CO)N(C(=O)c2ccc(-c3cccc(C)c3C)c(OC3COC3)c2)C1. The number of rotatable bonds is 6. The summed E-state index contributed by atoms with van der Waals surface area (Å²) in [5.74, 6) is 0.501. The Hall–Kier alpha value is -2.90. The van der Waals surface area contributed by atoms with Crippen molar-refractivity contribution in [3.63, 3.8) is 0 Å². The van der Waals surface area contributed by atoms with E-state index in [1.54, 1.807) is 11.0 Å². The highest BCUT2D eigenvalue weighted by atomic mass is 16.6. The first-order valence-electron chi connectivity index (χ1n) is 10.5. The maximum Gasteiger partial charge on any atom is 0.254 e. The zero-order valence-electron chi connectivity index (χ0n) is 18.1. The van der Waals surface area contributed by atoms with E-state index in [-0.39, 0.29) is 24.7 Å². The third-order valence-corrected chi connectivity index (χ3v) is 5.98. The number of nitrogens with zero attached hydrogens (tertiary/aromatic N) is 2. The van der Waals surface area contributed by atoms with E-state index in [1.807, 2.05) is 18.2 Å². The molecule has 2 aliphatic rings. The average molecular weight is 424 g/mol. The van der Waals surface area contributed by atoms with Crippen molar-refractivity contribution >= 4 is 11.6 Å². The largest absolute Gasteiger partial charge is 0.485 e. The van der Waals surface area contributed by atoms with Gasteiger partial charge < -0.3 is 24.3 Å². The second-order valence-corrected chi connectivity index (χ2v) is 8.05. The van der Waals surface area contributed by atoms with E-state index in [4.69, 9.17) is 14.3 Å². The lowest BCUT2D eigenvalue weighted by Gasteiger charge is -2.29. The topological polar surface area (TPSA) is 80.6 Å². The van der Waals surface area contributed by atoms with Gasteiger partial charge in [0.1, 0.15) is 19.0 Å². The van der Waals surface area contributed by atoms with Crippen molar-refractivity contribution in [2.75, 3.05) is 33.5 Å². The lowest BCUT2D eigenvalue weighted by molar-refractivity contribution is -0.0794. The van der Waals surface area contributed by atoms with Crippen LogP contribution in [0.2, 0.25) is 0 Å². The zero-order valence-corrected chi connectivity index (χ0v) is 18.1. The van der Waals surface area contributed by atoms with Gasteiger partial charge in [0.05, 0.1) is 38.1 Å². The van der Waals surface area contributed by atoms with E-state index in [0.717, 1.165) is 16.8 Å². The Bertz CT molecular complexity index is 999. The monoisotopic (exact) mass is 424 g/mol. The van der Waals surface area contributed by atoms with Crippen molar-refractivity contribution in [2.24, 2.45) is 5.16 Å². The summed E-state index contributed by atoms with van der Waals surface area (Å²) >= 11 is 0. The maximum atomic E-state index is 13.3. The number of carbonyl (C=O) groups is 1. The standard InChI is InChI=1S/C24H28N2O5/c1-15-5-4-6-21(16(15)2)22-8-7-17(9-23(22)31-20-13-30-14-20)24(28)26-11-18(25-29-3)10-19(26)12-27/h4-9,19-20,27H,10-14H2,1-3H3/b25-18+/t19-/m0/s1. The van der Waals surface area contributed by atoms with Crippen LogP contribution in [0.5, 0.6) is 5.75 Å². The summed E-state index contributed by atoms with van der Waals surface area (Å²) in [6, 6.07) is 11.4. The summed E-state index contributed by atoms with van der Waals surface area (Å²) in [5.41, 5.74) is 5.66. The Balaban J connectivity index is 1.69. The van der Waals surface area contributed by atoms with Crippen molar-refractivity contribution in [3.05, 3.63) is 53.1 Å². The fourth-order valence-electron chi connectivity index (χ4n) is 4.01. The van der Waals surface area contributed by atoms with Gasteiger partial charge in [0.25, 0.3) is 5.91 Å². The van der Waals surface area contributed by atoms with Crippen LogP contribution in [0.25, 0.3) is 11.1 Å². The highest BCUT2D eigenvalue weighted by molar-refractivity contribution is 6.01. The number of ether oxygens (including phenoxy) is 2. The van der Waals surface area contributed by atoms with Crippen LogP contribution in [0.1, 0.15) is 27.9 Å².